The highest BCUT2D eigenvalue weighted by atomic mass is 32.1. The molecule has 164 valence electrons. The van der Waals surface area contributed by atoms with Crippen molar-refractivity contribution in [2.45, 2.75) is 20.3 Å². The normalized spacial score (nSPS) is 12.5. The van der Waals surface area contributed by atoms with Gasteiger partial charge in [0.2, 0.25) is 0 Å². The van der Waals surface area contributed by atoms with E-state index < -0.39 is 7.60 Å². The fourth-order valence-electron chi connectivity index (χ4n) is 3.75. The quantitative estimate of drug-likeness (QED) is 0.326. The molecule has 0 bridgehead atoms. The van der Waals surface area contributed by atoms with Crippen molar-refractivity contribution in [3.8, 4) is 33.9 Å². The average Bonchev–Trinajstić information content (AvgIpc) is 3.28. The predicted molar refractivity (Wildman–Crippen MR) is 123 cm³/mol. The standard InChI is InChI=1S/C22H25N2O5PS/c1-4-28-30(25,29-5-2)13-27-18-10-9-16(14-7-6-8-15(11-14)26-3)17-12-19-21(20(17)18)24-22(23)31-19/h6-11H,4-5,12-13H2,1-3H3,(H2,23,24). The largest absolute Gasteiger partial charge is 0.497 e. The average molecular weight is 460 g/mol. The van der Waals surface area contributed by atoms with E-state index in [1.165, 1.54) is 11.3 Å². The van der Waals surface area contributed by atoms with Crippen molar-refractivity contribution in [3.63, 3.8) is 0 Å². The van der Waals surface area contributed by atoms with E-state index >= 15 is 0 Å². The van der Waals surface area contributed by atoms with Crippen LogP contribution in [0, 0.1) is 0 Å². The number of fused-ring (bicyclic) bond motifs is 3. The molecule has 0 fully saturated rings. The second-order valence-corrected chi connectivity index (χ2v) is 10.0. The van der Waals surface area contributed by atoms with Crippen LogP contribution in [-0.4, -0.2) is 31.7 Å². The maximum Gasteiger partial charge on any atom is 0.367 e. The molecule has 1 aliphatic carbocycles. The Morgan fingerprint density at radius 3 is 2.65 bits per heavy atom. The number of nitrogens with zero attached hydrogens (tertiary/aromatic N) is 1. The highest BCUT2D eigenvalue weighted by molar-refractivity contribution is 7.53. The van der Waals surface area contributed by atoms with Gasteiger partial charge in [-0.2, -0.15) is 0 Å². The third-order valence-electron chi connectivity index (χ3n) is 4.97. The first-order chi connectivity index (χ1) is 15.0. The first-order valence-electron chi connectivity index (χ1n) is 10.0. The second kappa shape index (κ2) is 9.01. The van der Waals surface area contributed by atoms with Crippen molar-refractivity contribution in [1.82, 2.24) is 4.98 Å². The Bertz CT molecular complexity index is 1140. The van der Waals surface area contributed by atoms with E-state index in [2.05, 4.69) is 4.98 Å². The second-order valence-electron chi connectivity index (χ2n) is 6.92. The number of nitrogens with two attached hydrogens (primary N) is 1. The minimum atomic E-state index is -3.35. The smallest absolute Gasteiger partial charge is 0.367 e. The van der Waals surface area contributed by atoms with Gasteiger partial charge < -0.3 is 24.3 Å². The zero-order chi connectivity index (χ0) is 22.0. The number of hydrogen-bond acceptors (Lipinski definition) is 8. The molecule has 0 saturated heterocycles. The zero-order valence-corrected chi connectivity index (χ0v) is 19.4. The third kappa shape index (κ3) is 4.34. The molecule has 0 atom stereocenters. The molecule has 31 heavy (non-hydrogen) atoms. The number of ether oxygens (including phenoxy) is 2. The summed E-state index contributed by atoms with van der Waals surface area (Å²) < 4.78 is 35.0. The molecule has 2 N–H and O–H groups in total. The molecule has 9 heteroatoms. The highest BCUT2D eigenvalue weighted by Crippen LogP contribution is 2.52. The number of aromatic nitrogens is 1. The van der Waals surface area contributed by atoms with Crippen molar-refractivity contribution in [2.24, 2.45) is 0 Å². The van der Waals surface area contributed by atoms with Crippen LogP contribution in [-0.2, 0) is 20.0 Å². The lowest BCUT2D eigenvalue weighted by Crippen LogP contribution is -2.06. The molecule has 3 aromatic rings. The topological polar surface area (TPSA) is 92.9 Å². The SMILES string of the molecule is CCOP(=O)(COc1ccc(-c2cccc(OC)c2)c2c1-c1nc(N)sc1C2)OCC. The van der Waals surface area contributed by atoms with E-state index in [1.54, 1.807) is 21.0 Å². The summed E-state index contributed by atoms with van der Waals surface area (Å²) in [6, 6.07) is 11.8. The van der Waals surface area contributed by atoms with Gasteiger partial charge in [0.1, 0.15) is 11.5 Å². The molecule has 1 heterocycles. The molecule has 4 rings (SSSR count). The number of rotatable bonds is 9. The molecule has 0 radical (unpaired) electrons. The van der Waals surface area contributed by atoms with E-state index in [4.69, 9.17) is 24.3 Å². The summed E-state index contributed by atoms with van der Waals surface area (Å²) in [6.07, 6.45) is 0.534. The van der Waals surface area contributed by atoms with Gasteiger partial charge in [0.25, 0.3) is 0 Å². The lowest BCUT2D eigenvalue weighted by Gasteiger charge is -2.19. The van der Waals surface area contributed by atoms with Crippen LogP contribution in [0.1, 0.15) is 24.3 Å². The molecule has 2 aromatic carbocycles. The number of anilines is 1. The fraction of sp³-hybridized carbons (Fsp3) is 0.318. The Balaban J connectivity index is 1.76. The highest BCUT2D eigenvalue weighted by Gasteiger charge is 2.31. The lowest BCUT2D eigenvalue weighted by atomic mass is 9.95. The first kappa shape index (κ1) is 21.8. The van der Waals surface area contributed by atoms with Gasteiger partial charge in [-0.3, -0.25) is 4.57 Å². The van der Waals surface area contributed by atoms with E-state index in [0.717, 1.165) is 38.6 Å². The van der Waals surface area contributed by atoms with Crippen LogP contribution in [0.25, 0.3) is 22.4 Å². The van der Waals surface area contributed by atoms with Crippen molar-refractivity contribution >= 4 is 24.1 Å². The van der Waals surface area contributed by atoms with Gasteiger partial charge in [-0.05, 0) is 48.7 Å². The van der Waals surface area contributed by atoms with Gasteiger partial charge in [-0.25, -0.2) is 4.98 Å². The summed E-state index contributed by atoms with van der Waals surface area (Å²) in [5, 5.41) is 0.516. The van der Waals surface area contributed by atoms with Crippen LogP contribution in [0.4, 0.5) is 5.13 Å². The molecule has 0 amide bonds. The Morgan fingerprint density at radius 2 is 1.94 bits per heavy atom. The predicted octanol–water partition coefficient (Wildman–Crippen LogP) is 5.57. The number of methoxy groups -OCH3 is 1. The van der Waals surface area contributed by atoms with Gasteiger partial charge in [0.05, 0.1) is 26.0 Å². The monoisotopic (exact) mass is 460 g/mol. The van der Waals surface area contributed by atoms with E-state index in [0.29, 0.717) is 17.3 Å². The number of hydrogen-bond donors (Lipinski definition) is 1. The molecule has 7 nitrogen and oxygen atoms in total. The molecule has 1 aliphatic rings. The molecule has 0 aliphatic heterocycles. The van der Waals surface area contributed by atoms with E-state index in [9.17, 15) is 4.57 Å². The van der Waals surface area contributed by atoms with Crippen LogP contribution >= 0.6 is 18.9 Å². The molecule has 1 aromatic heterocycles. The maximum absolute atomic E-state index is 12.9. The Morgan fingerprint density at radius 1 is 1.16 bits per heavy atom. The Kier molecular flexibility index (Phi) is 6.34. The van der Waals surface area contributed by atoms with Gasteiger partial charge in [-0.15, -0.1) is 11.3 Å². The lowest BCUT2D eigenvalue weighted by molar-refractivity contribution is 0.197. The van der Waals surface area contributed by atoms with Crippen molar-refractivity contribution in [1.29, 1.82) is 0 Å². The number of nitrogen functional groups attached to an aromatic ring is 1. The minimum Gasteiger partial charge on any atom is -0.497 e. The number of thiazole rings is 1. The molecule has 0 spiro atoms. The van der Waals surface area contributed by atoms with Gasteiger partial charge >= 0.3 is 7.60 Å². The van der Waals surface area contributed by atoms with Crippen molar-refractivity contribution in [3.05, 3.63) is 46.8 Å². The Labute approximate surface area is 185 Å². The van der Waals surface area contributed by atoms with Crippen LogP contribution < -0.4 is 15.2 Å². The van der Waals surface area contributed by atoms with Crippen LogP contribution in [0.15, 0.2) is 36.4 Å². The van der Waals surface area contributed by atoms with Crippen LogP contribution in [0.2, 0.25) is 0 Å². The van der Waals surface area contributed by atoms with Crippen LogP contribution in [0.5, 0.6) is 11.5 Å². The van der Waals surface area contributed by atoms with E-state index in [-0.39, 0.29) is 19.6 Å². The van der Waals surface area contributed by atoms with Crippen molar-refractivity contribution in [2.75, 3.05) is 32.4 Å². The summed E-state index contributed by atoms with van der Waals surface area (Å²) in [7, 11) is -1.70. The summed E-state index contributed by atoms with van der Waals surface area (Å²) in [6.45, 7) is 4.11. The minimum absolute atomic E-state index is 0.172. The summed E-state index contributed by atoms with van der Waals surface area (Å²) in [5.41, 5.74) is 10.9. The molecular weight excluding hydrogens is 435 g/mol. The summed E-state index contributed by atoms with van der Waals surface area (Å²) in [5.74, 6) is 1.38. The van der Waals surface area contributed by atoms with Crippen molar-refractivity contribution < 1.29 is 23.1 Å². The van der Waals surface area contributed by atoms with Crippen LogP contribution in [0.3, 0.4) is 0 Å². The number of benzene rings is 2. The maximum atomic E-state index is 12.9. The fourth-order valence-corrected chi connectivity index (χ4v) is 5.91. The molecular formula is C22H25N2O5PS. The Hall–Kier alpha value is -2.38. The third-order valence-corrected chi connectivity index (χ3v) is 7.61. The van der Waals surface area contributed by atoms with Gasteiger partial charge in [-0.1, -0.05) is 18.2 Å². The zero-order valence-electron chi connectivity index (χ0n) is 17.7. The van der Waals surface area contributed by atoms with E-state index in [1.807, 2.05) is 36.4 Å². The van der Waals surface area contributed by atoms with Gasteiger partial charge in [0.15, 0.2) is 11.5 Å². The summed E-state index contributed by atoms with van der Waals surface area (Å²) in [4.78, 5) is 5.63. The van der Waals surface area contributed by atoms with Gasteiger partial charge in [0, 0.05) is 16.9 Å². The molecule has 0 saturated carbocycles. The summed E-state index contributed by atoms with van der Waals surface area (Å²) >= 11 is 1.48. The first-order valence-corrected chi connectivity index (χ1v) is 12.6. The molecule has 0 unspecified atom stereocenters.